The van der Waals surface area contributed by atoms with Crippen LogP contribution in [0.15, 0.2) is 18.3 Å². The fourth-order valence-electron chi connectivity index (χ4n) is 1.67. The van der Waals surface area contributed by atoms with Gasteiger partial charge in [-0.2, -0.15) is 0 Å². The van der Waals surface area contributed by atoms with Gasteiger partial charge in [0.05, 0.1) is 11.0 Å². The topological polar surface area (TPSA) is 34.4 Å². The number of hydrogen-bond donors (Lipinski definition) is 0. The van der Waals surface area contributed by atoms with Gasteiger partial charge >= 0.3 is 0 Å². The van der Waals surface area contributed by atoms with Crippen molar-refractivity contribution in [2.45, 2.75) is 13.8 Å². The standard InChI is InChI=1S/C11H11BrN2O/c1-7-3-4-10-13-8(2)11(9(15)5-12)14(10)6-7/h3-4,6H,5H2,1-2H3. The highest BCUT2D eigenvalue weighted by atomic mass is 79.9. The Balaban J connectivity index is 2.76. The van der Waals surface area contributed by atoms with Gasteiger partial charge in [0.15, 0.2) is 5.78 Å². The largest absolute Gasteiger partial charge is 0.297 e. The van der Waals surface area contributed by atoms with E-state index in [2.05, 4.69) is 20.9 Å². The fourth-order valence-corrected chi connectivity index (χ4v) is 1.93. The van der Waals surface area contributed by atoms with E-state index >= 15 is 0 Å². The van der Waals surface area contributed by atoms with Crippen LogP contribution in [0.5, 0.6) is 0 Å². The number of halogens is 1. The summed E-state index contributed by atoms with van der Waals surface area (Å²) in [5.74, 6) is 0.0607. The van der Waals surface area contributed by atoms with Gasteiger partial charge in [-0.1, -0.05) is 22.0 Å². The average molecular weight is 267 g/mol. The number of rotatable bonds is 2. The van der Waals surface area contributed by atoms with E-state index in [9.17, 15) is 4.79 Å². The van der Waals surface area contributed by atoms with Crippen LogP contribution in [0.3, 0.4) is 0 Å². The molecule has 2 heterocycles. The number of imidazole rings is 1. The van der Waals surface area contributed by atoms with Crippen LogP contribution < -0.4 is 0 Å². The van der Waals surface area contributed by atoms with Crippen molar-refractivity contribution in [1.82, 2.24) is 9.38 Å². The molecule has 2 rings (SSSR count). The smallest absolute Gasteiger partial charge is 0.191 e. The highest BCUT2D eigenvalue weighted by molar-refractivity contribution is 9.09. The Morgan fingerprint density at radius 1 is 1.47 bits per heavy atom. The number of hydrogen-bond acceptors (Lipinski definition) is 2. The molecule has 0 aliphatic rings. The van der Waals surface area contributed by atoms with Crippen molar-refractivity contribution in [3.63, 3.8) is 0 Å². The van der Waals surface area contributed by atoms with E-state index in [1.54, 1.807) is 0 Å². The van der Waals surface area contributed by atoms with Gasteiger partial charge in [0.25, 0.3) is 0 Å². The second kappa shape index (κ2) is 3.77. The summed E-state index contributed by atoms with van der Waals surface area (Å²) >= 11 is 3.18. The van der Waals surface area contributed by atoms with Crippen molar-refractivity contribution >= 4 is 27.4 Å². The van der Waals surface area contributed by atoms with Gasteiger partial charge in [-0.3, -0.25) is 9.20 Å². The summed E-state index contributed by atoms with van der Waals surface area (Å²) in [6.45, 7) is 3.86. The van der Waals surface area contributed by atoms with Crippen LogP contribution in [0, 0.1) is 13.8 Å². The third-order valence-electron chi connectivity index (χ3n) is 2.33. The first kappa shape index (κ1) is 10.4. The Hall–Kier alpha value is -1.16. The van der Waals surface area contributed by atoms with Gasteiger partial charge in [-0.15, -0.1) is 0 Å². The maximum atomic E-state index is 11.7. The van der Waals surface area contributed by atoms with Crippen LogP contribution in [0.1, 0.15) is 21.7 Å². The number of alkyl halides is 1. The molecule has 0 bridgehead atoms. The molecule has 15 heavy (non-hydrogen) atoms. The third-order valence-corrected chi connectivity index (χ3v) is 2.84. The second-order valence-corrected chi connectivity index (χ2v) is 4.10. The Morgan fingerprint density at radius 2 is 2.20 bits per heavy atom. The zero-order valence-electron chi connectivity index (χ0n) is 8.62. The van der Waals surface area contributed by atoms with E-state index < -0.39 is 0 Å². The molecule has 2 aromatic rings. The third kappa shape index (κ3) is 1.69. The predicted molar refractivity (Wildman–Crippen MR) is 62.8 cm³/mol. The van der Waals surface area contributed by atoms with Crippen molar-refractivity contribution in [3.8, 4) is 0 Å². The molecule has 0 aromatic carbocycles. The summed E-state index contributed by atoms with van der Waals surface area (Å²) in [7, 11) is 0. The van der Waals surface area contributed by atoms with Gasteiger partial charge in [0, 0.05) is 6.20 Å². The molecular formula is C11H11BrN2O. The summed E-state index contributed by atoms with van der Waals surface area (Å²) in [6, 6.07) is 3.91. The van der Waals surface area contributed by atoms with E-state index in [1.807, 2.05) is 36.6 Å². The van der Waals surface area contributed by atoms with E-state index in [1.165, 1.54) is 0 Å². The Labute approximate surface area is 96.3 Å². The second-order valence-electron chi connectivity index (χ2n) is 3.54. The van der Waals surface area contributed by atoms with Gasteiger partial charge in [0.1, 0.15) is 11.3 Å². The van der Waals surface area contributed by atoms with Crippen LogP contribution in [0.4, 0.5) is 0 Å². The van der Waals surface area contributed by atoms with E-state index in [0.717, 1.165) is 16.9 Å². The molecule has 78 valence electrons. The fraction of sp³-hybridized carbons (Fsp3) is 0.273. The zero-order chi connectivity index (χ0) is 11.0. The molecule has 0 atom stereocenters. The number of aryl methyl sites for hydroxylation is 2. The lowest BCUT2D eigenvalue weighted by atomic mass is 10.2. The normalized spacial score (nSPS) is 10.9. The molecular weight excluding hydrogens is 256 g/mol. The molecule has 4 heteroatoms. The number of ketones is 1. The monoisotopic (exact) mass is 266 g/mol. The molecule has 0 aliphatic heterocycles. The number of nitrogens with zero attached hydrogens (tertiary/aromatic N) is 2. The van der Waals surface area contributed by atoms with E-state index in [4.69, 9.17) is 0 Å². The summed E-state index contributed by atoms with van der Waals surface area (Å²) < 4.78 is 1.86. The van der Waals surface area contributed by atoms with Gasteiger partial charge in [-0.25, -0.2) is 4.98 Å². The van der Waals surface area contributed by atoms with Crippen molar-refractivity contribution in [1.29, 1.82) is 0 Å². The quantitative estimate of drug-likeness (QED) is 0.619. The van der Waals surface area contributed by atoms with Crippen LogP contribution in [0.25, 0.3) is 5.65 Å². The predicted octanol–water partition coefficient (Wildman–Crippen LogP) is 2.53. The molecule has 0 N–H and O–H groups in total. The van der Waals surface area contributed by atoms with Crippen LogP contribution >= 0.6 is 15.9 Å². The summed E-state index contributed by atoms with van der Waals surface area (Å²) in [6.07, 6.45) is 1.94. The lowest BCUT2D eigenvalue weighted by Crippen LogP contribution is -2.06. The number of fused-ring (bicyclic) bond motifs is 1. The number of carbonyl (C=O) groups is 1. The molecule has 0 fully saturated rings. The Morgan fingerprint density at radius 3 is 2.87 bits per heavy atom. The van der Waals surface area contributed by atoms with Gasteiger partial charge < -0.3 is 0 Å². The van der Waals surface area contributed by atoms with Crippen molar-refractivity contribution in [2.24, 2.45) is 0 Å². The SMILES string of the molecule is Cc1ccc2nc(C)c(C(=O)CBr)n2c1. The van der Waals surface area contributed by atoms with Crippen LogP contribution in [-0.2, 0) is 0 Å². The van der Waals surface area contributed by atoms with Gasteiger partial charge in [-0.05, 0) is 25.5 Å². The number of carbonyl (C=O) groups excluding carboxylic acids is 1. The molecule has 0 aliphatic carbocycles. The van der Waals surface area contributed by atoms with E-state index in [0.29, 0.717) is 11.0 Å². The highest BCUT2D eigenvalue weighted by Crippen LogP contribution is 2.14. The maximum Gasteiger partial charge on any atom is 0.191 e. The zero-order valence-corrected chi connectivity index (χ0v) is 10.2. The number of Topliss-reactive ketones (excluding diaryl/α,β-unsaturated/α-hetero) is 1. The van der Waals surface area contributed by atoms with Crippen molar-refractivity contribution < 1.29 is 4.79 Å². The average Bonchev–Trinajstić information content (AvgIpc) is 2.52. The lowest BCUT2D eigenvalue weighted by Gasteiger charge is -2.00. The highest BCUT2D eigenvalue weighted by Gasteiger charge is 2.14. The molecule has 0 saturated carbocycles. The van der Waals surface area contributed by atoms with Gasteiger partial charge in [0.2, 0.25) is 0 Å². The molecule has 0 saturated heterocycles. The van der Waals surface area contributed by atoms with Crippen LogP contribution in [-0.4, -0.2) is 20.5 Å². The Bertz CT molecular complexity index is 531. The lowest BCUT2D eigenvalue weighted by molar-refractivity contribution is 0.101. The summed E-state index contributed by atoms with van der Waals surface area (Å²) in [5, 5.41) is 0.329. The first-order valence-electron chi connectivity index (χ1n) is 4.68. The minimum Gasteiger partial charge on any atom is -0.297 e. The number of aromatic nitrogens is 2. The molecule has 3 nitrogen and oxygen atoms in total. The molecule has 0 radical (unpaired) electrons. The Kier molecular flexibility index (Phi) is 2.61. The maximum absolute atomic E-state index is 11.7. The first-order valence-corrected chi connectivity index (χ1v) is 5.80. The minimum absolute atomic E-state index is 0.0607. The molecule has 0 unspecified atom stereocenters. The molecule has 2 aromatic heterocycles. The molecule has 0 spiro atoms. The summed E-state index contributed by atoms with van der Waals surface area (Å²) in [5.41, 5.74) is 3.39. The number of pyridine rings is 1. The van der Waals surface area contributed by atoms with E-state index in [-0.39, 0.29) is 5.78 Å². The minimum atomic E-state index is 0.0607. The van der Waals surface area contributed by atoms with Crippen LogP contribution in [0.2, 0.25) is 0 Å². The van der Waals surface area contributed by atoms with Crippen molar-refractivity contribution in [2.75, 3.05) is 5.33 Å². The summed E-state index contributed by atoms with van der Waals surface area (Å²) in [4.78, 5) is 16.1. The van der Waals surface area contributed by atoms with Crippen molar-refractivity contribution in [3.05, 3.63) is 35.3 Å². The first-order chi connectivity index (χ1) is 7.13. The molecule has 0 amide bonds.